The number of carbonyl (C=O) groups is 2. The topological polar surface area (TPSA) is 88.3 Å². The number of fused-ring (bicyclic) bond motifs is 1. The molecule has 1 saturated heterocycles. The number of anilines is 2. The third kappa shape index (κ3) is 1.88. The second kappa shape index (κ2) is 3.95. The van der Waals surface area contributed by atoms with Crippen molar-refractivity contribution in [2.45, 2.75) is 0 Å². The number of imide groups is 1. The molecule has 1 fully saturated rings. The lowest BCUT2D eigenvalue weighted by Crippen LogP contribution is -2.51. The molecule has 1 aliphatic rings. The van der Waals surface area contributed by atoms with Crippen molar-refractivity contribution in [2.75, 3.05) is 23.7 Å². The van der Waals surface area contributed by atoms with Gasteiger partial charge in [0.05, 0.1) is 10.2 Å². The summed E-state index contributed by atoms with van der Waals surface area (Å²) in [6.45, 7) is 0.308. The molecule has 7 heteroatoms. The molecule has 0 aliphatic carbocycles. The quantitative estimate of drug-likeness (QED) is 0.571. The van der Waals surface area contributed by atoms with Crippen molar-refractivity contribution in [2.24, 2.45) is 0 Å². The van der Waals surface area contributed by atoms with Crippen molar-refractivity contribution in [3.8, 4) is 0 Å². The second-order valence-corrected chi connectivity index (χ2v) is 5.06. The van der Waals surface area contributed by atoms with E-state index < -0.39 is 0 Å². The van der Waals surface area contributed by atoms with Crippen LogP contribution in [0.1, 0.15) is 0 Å². The van der Waals surface area contributed by atoms with Gasteiger partial charge in [-0.05, 0) is 18.2 Å². The van der Waals surface area contributed by atoms with Crippen molar-refractivity contribution in [1.82, 2.24) is 10.3 Å². The van der Waals surface area contributed by atoms with Crippen LogP contribution in [0, 0.1) is 0 Å². The number of hydrogen-bond acceptors (Lipinski definition) is 6. The lowest BCUT2D eigenvalue weighted by molar-refractivity contribution is -0.130. The number of nitrogens with zero attached hydrogens (tertiary/aromatic N) is 2. The zero-order valence-electron chi connectivity index (χ0n) is 9.34. The largest absolute Gasteiger partial charge is 0.399 e. The number of thiazole rings is 1. The summed E-state index contributed by atoms with van der Waals surface area (Å²) >= 11 is 1.42. The van der Waals surface area contributed by atoms with Gasteiger partial charge in [-0.25, -0.2) is 4.98 Å². The van der Waals surface area contributed by atoms with Crippen molar-refractivity contribution in [1.29, 1.82) is 0 Å². The van der Waals surface area contributed by atoms with Crippen molar-refractivity contribution in [3.05, 3.63) is 18.2 Å². The maximum Gasteiger partial charge on any atom is 0.246 e. The molecule has 3 N–H and O–H groups in total. The summed E-state index contributed by atoms with van der Waals surface area (Å²) in [7, 11) is 0. The summed E-state index contributed by atoms with van der Waals surface area (Å²) in [5, 5.41) is 2.92. The molecular weight excluding hydrogens is 252 g/mol. The van der Waals surface area contributed by atoms with Crippen LogP contribution < -0.4 is 16.0 Å². The highest BCUT2D eigenvalue weighted by Crippen LogP contribution is 2.30. The van der Waals surface area contributed by atoms with Crippen LogP contribution in [0.3, 0.4) is 0 Å². The molecular formula is C11H10N4O2S. The fourth-order valence-electron chi connectivity index (χ4n) is 1.84. The molecule has 2 amide bonds. The van der Waals surface area contributed by atoms with Gasteiger partial charge in [-0.1, -0.05) is 11.3 Å². The highest BCUT2D eigenvalue weighted by Gasteiger charge is 2.24. The van der Waals surface area contributed by atoms with Gasteiger partial charge >= 0.3 is 0 Å². The Bertz CT molecular complexity index is 636. The second-order valence-electron chi connectivity index (χ2n) is 4.05. The Morgan fingerprint density at radius 2 is 2.00 bits per heavy atom. The highest BCUT2D eigenvalue weighted by molar-refractivity contribution is 7.22. The molecule has 2 heterocycles. The van der Waals surface area contributed by atoms with Crippen LogP contribution in [-0.4, -0.2) is 29.9 Å². The molecule has 0 atom stereocenters. The molecule has 0 bridgehead atoms. The Labute approximate surface area is 106 Å². The van der Waals surface area contributed by atoms with Crippen LogP contribution in [0.4, 0.5) is 10.8 Å². The normalized spacial score (nSPS) is 16.1. The van der Waals surface area contributed by atoms with Crippen molar-refractivity contribution >= 4 is 44.2 Å². The first-order chi connectivity index (χ1) is 8.61. The number of benzene rings is 1. The summed E-state index contributed by atoms with van der Waals surface area (Å²) in [6, 6.07) is 5.44. The number of carbonyl (C=O) groups excluding carboxylic acids is 2. The molecule has 6 nitrogen and oxygen atoms in total. The van der Waals surface area contributed by atoms with E-state index in [-0.39, 0.29) is 24.9 Å². The average Bonchev–Trinajstić information content (AvgIpc) is 2.70. The molecule has 3 rings (SSSR count). The van der Waals surface area contributed by atoms with E-state index >= 15 is 0 Å². The molecule has 0 spiro atoms. The molecule has 1 aliphatic heterocycles. The summed E-state index contributed by atoms with van der Waals surface area (Å²) in [4.78, 5) is 28.7. The Morgan fingerprint density at radius 3 is 2.72 bits per heavy atom. The van der Waals surface area contributed by atoms with Gasteiger partial charge in [0.25, 0.3) is 0 Å². The van der Waals surface area contributed by atoms with Gasteiger partial charge in [0, 0.05) is 5.69 Å². The van der Waals surface area contributed by atoms with Crippen LogP contribution in [0.25, 0.3) is 10.2 Å². The minimum Gasteiger partial charge on any atom is -0.399 e. The molecule has 2 aromatic rings. The van der Waals surface area contributed by atoms with Crippen LogP contribution in [0.15, 0.2) is 18.2 Å². The zero-order chi connectivity index (χ0) is 12.7. The number of rotatable bonds is 1. The van der Waals surface area contributed by atoms with E-state index in [0.29, 0.717) is 10.8 Å². The van der Waals surface area contributed by atoms with Gasteiger partial charge in [0.2, 0.25) is 11.8 Å². The number of nitrogen functional groups attached to an aromatic ring is 1. The van der Waals surface area contributed by atoms with Gasteiger partial charge in [-0.2, -0.15) is 0 Å². The Morgan fingerprint density at radius 1 is 1.28 bits per heavy atom. The molecule has 0 saturated carbocycles. The summed E-state index contributed by atoms with van der Waals surface area (Å²) in [5.74, 6) is -0.602. The summed E-state index contributed by atoms with van der Waals surface area (Å²) < 4.78 is 0.948. The lowest BCUT2D eigenvalue weighted by Gasteiger charge is -2.24. The maximum atomic E-state index is 11.3. The molecule has 1 aromatic carbocycles. The number of hydrogen-bond donors (Lipinski definition) is 2. The van der Waals surface area contributed by atoms with Gasteiger partial charge < -0.3 is 10.6 Å². The number of nitrogens with one attached hydrogen (secondary N) is 1. The van der Waals surface area contributed by atoms with Gasteiger partial charge in [0.15, 0.2) is 5.13 Å². The fourth-order valence-corrected chi connectivity index (χ4v) is 2.85. The van der Waals surface area contributed by atoms with Crippen LogP contribution >= 0.6 is 11.3 Å². The smallest absolute Gasteiger partial charge is 0.246 e. The first kappa shape index (κ1) is 11.0. The van der Waals surface area contributed by atoms with E-state index in [2.05, 4.69) is 10.3 Å². The monoisotopic (exact) mass is 262 g/mol. The minimum absolute atomic E-state index is 0.154. The standard InChI is InChI=1S/C11H10N4O2S/c12-6-1-2-7-8(3-6)18-11(13-7)15-4-9(16)14-10(17)5-15/h1-3H,4-5,12H2,(H,14,16,17). The predicted octanol–water partition coefficient (Wildman–Crippen LogP) is 0.341. The lowest BCUT2D eigenvalue weighted by atomic mass is 10.3. The number of nitrogens with two attached hydrogens (primary N) is 1. The Hall–Kier alpha value is -2.15. The van der Waals surface area contributed by atoms with E-state index in [1.54, 1.807) is 11.0 Å². The van der Waals surface area contributed by atoms with E-state index in [0.717, 1.165) is 10.2 Å². The molecule has 0 radical (unpaired) electrons. The van der Waals surface area contributed by atoms with E-state index in [9.17, 15) is 9.59 Å². The molecule has 92 valence electrons. The van der Waals surface area contributed by atoms with Crippen molar-refractivity contribution in [3.63, 3.8) is 0 Å². The fraction of sp³-hybridized carbons (Fsp3) is 0.182. The zero-order valence-corrected chi connectivity index (χ0v) is 10.2. The van der Waals surface area contributed by atoms with E-state index in [1.165, 1.54) is 11.3 Å². The number of piperazine rings is 1. The van der Waals surface area contributed by atoms with Crippen LogP contribution in [-0.2, 0) is 9.59 Å². The van der Waals surface area contributed by atoms with Crippen LogP contribution in [0.5, 0.6) is 0 Å². The summed E-state index contributed by atoms with van der Waals surface area (Å²) in [6.07, 6.45) is 0. The van der Waals surface area contributed by atoms with E-state index in [4.69, 9.17) is 5.73 Å². The minimum atomic E-state index is -0.301. The SMILES string of the molecule is Nc1ccc2nc(N3CC(=O)NC(=O)C3)sc2c1. The van der Waals surface area contributed by atoms with Crippen LogP contribution in [0.2, 0.25) is 0 Å². The third-order valence-corrected chi connectivity index (χ3v) is 3.70. The maximum absolute atomic E-state index is 11.3. The Kier molecular flexibility index (Phi) is 2.41. The molecule has 18 heavy (non-hydrogen) atoms. The Balaban J connectivity index is 1.98. The highest BCUT2D eigenvalue weighted by atomic mass is 32.1. The summed E-state index contributed by atoms with van der Waals surface area (Å²) in [5.41, 5.74) is 7.20. The van der Waals surface area contributed by atoms with E-state index in [1.807, 2.05) is 12.1 Å². The predicted molar refractivity (Wildman–Crippen MR) is 69.4 cm³/mol. The molecule has 0 unspecified atom stereocenters. The number of aromatic nitrogens is 1. The first-order valence-corrected chi connectivity index (χ1v) is 6.17. The van der Waals surface area contributed by atoms with Gasteiger partial charge in [-0.3, -0.25) is 14.9 Å². The van der Waals surface area contributed by atoms with Crippen molar-refractivity contribution < 1.29 is 9.59 Å². The first-order valence-electron chi connectivity index (χ1n) is 5.35. The third-order valence-electron chi connectivity index (χ3n) is 2.62. The average molecular weight is 262 g/mol. The number of amides is 2. The van der Waals surface area contributed by atoms with Gasteiger partial charge in [-0.15, -0.1) is 0 Å². The van der Waals surface area contributed by atoms with Gasteiger partial charge in [0.1, 0.15) is 13.1 Å². The molecule has 1 aromatic heterocycles.